The van der Waals surface area contributed by atoms with Gasteiger partial charge in [-0.15, -0.1) is 0 Å². The number of aromatic nitrogens is 2. The van der Waals surface area contributed by atoms with Crippen molar-refractivity contribution in [3.8, 4) is 5.75 Å². The Kier molecular flexibility index (Phi) is 5.15. The number of nitrogens with one attached hydrogen (secondary N) is 2. The summed E-state index contributed by atoms with van der Waals surface area (Å²) in [6.45, 7) is 0.526. The highest BCUT2D eigenvalue weighted by Crippen LogP contribution is 2.29. The van der Waals surface area contributed by atoms with Crippen molar-refractivity contribution in [1.82, 2.24) is 15.1 Å². The van der Waals surface area contributed by atoms with Crippen LogP contribution in [0.5, 0.6) is 5.75 Å². The Morgan fingerprint density at radius 3 is 2.74 bits per heavy atom. The summed E-state index contributed by atoms with van der Waals surface area (Å²) in [6.07, 6.45) is 3.42. The lowest BCUT2D eigenvalue weighted by Gasteiger charge is -2.17. The zero-order valence-electron chi connectivity index (χ0n) is 13.0. The molecule has 0 saturated heterocycles. The summed E-state index contributed by atoms with van der Waals surface area (Å²) in [6, 6.07) is 3.84. The molecule has 0 fully saturated rings. The van der Waals surface area contributed by atoms with Crippen molar-refractivity contribution in [2.45, 2.75) is 26.5 Å². The van der Waals surface area contributed by atoms with Gasteiger partial charge in [0.1, 0.15) is 5.75 Å². The molecule has 0 aliphatic heterocycles. The maximum Gasteiger partial charge on any atom is 0.387 e. The number of hydrogen-bond acceptors (Lipinski definition) is 3. The Bertz CT molecular complexity index is 688. The molecule has 0 unspecified atom stereocenters. The standard InChI is InChI=1S/C15H18F2N4O2/c1-9-5-4-6-12(23-14(16)17)13(9)20-15(22)19-10(2)11-7-18-21(3)8-11/h4-8,10,14H,1-3H3,(H2,19,20,22)/t10-/m0/s1. The van der Waals surface area contributed by atoms with Crippen LogP contribution in [0.2, 0.25) is 0 Å². The molecule has 23 heavy (non-hydrogen) atoms. The van der Waals surface area contributed by atoms with Gasteiger partial charge in [-0.1, -0.05) is 12.1 Å². The summed E-state index contributed by atoms with van der Waals surface area (Å²) in [4.78, 5) is 12.1. The monoisotopic (exact) mass is 324 g/mol. The lowest BCUT2D eigenvalue weighted by molar-refractivity contribution is -0.0493. The summed E-state index contributed by atoms with van der Waals surface area (Å²) in [5, 5.41) is 9.31. The first kappa shape index (κ1) is 16.7. The molecule has 0 spiro atoms. The van der Waals surface area contributed by atoms with Gasteiger partial charge in [0, 0.05) is 18.8 Å². The molecule has 1 atom stereocenters. The Morgan fingerprint density at radius 2 is 2.13 bits per heavy atom. The van der Waals surface area contributed by atoms with Crippen molar-refractivity contribution in [2.24, 2.45) is 7.05 Å². The molecule has 2 amide bonds. The third-order valence-electron chi connectivity index (χ3n) is 3.26. The topological polar surface area (TPSA) is 68.2 Å². The summed E-state index contributed by atoms with van der Waals surface area (Å²) in [5.41, 5.74) is 1.66. The third-order valence-corrected chi connectivity index (χ3v) is 3.26. The molecule has 6 nitrogen and oxygen atoms in total. The van der Waals surface area contributed by atoms with Gasteiger partial charge < -0.3 is 15.4 Å². The van der Waals surface area contributed by atoms with E-state index in [9.17, 15) is 13.6 Å². The molecule has 8 heteroatoms. The lowest BCUT2D eigenvalue weighted by Crippen LogP contribution is -2.31. The van der Waals surface area contributed by atoms with E-state index in [2.05, 4.69) is 20.5 Å². The minimum absolute atomic E-state index is 0.0795. The van der Waals surface area contributed by atoms with Crippen LogP contribution in [0.1, 0.15) is 24.1 Å². The maximum absolute atomic E-state index is 12.4. The van der Waals surface area contributed by atoms with Crippen molar-refractivity contribution in [2.75, 3.05) is 5.32 Å². The number of carbonyl (C=O) groups is 1. The van der Waals surface area contributed by atoms with Gasteiger partial charge in [-0.05, 0) is 25.5 Å². The average Bonchev–Trinajstić information content (AvgIpc) is 2.89. The zero-order chi connectivity index (χ0) is 17.0. The average molecular weight is 324 g/mol. The first-order chi connectivity index (χ1) is 10.9. The van der Waals surface area contributed by atoms with Crippen molar-refractivity contribution in [3.63, 3.8) is 0 Å². The second kappa shape index (κ2) is 7.08. The van der Waals surface area contributed by atoms with Crippen LogP contribution in [-0.2, 0) is 7.05 Å². The molecule has 2 aromatic rings. The summed E-state index contributed by atoms with van der Waals surface area (Å²) >= 11 is 0. The number of benzene rings is 1. The molecule has 1 aromatic carbocycles. The number of alkyl halides is 2. The predicted molar refractivity (Wildman–Crippen MR) is 81.6 cm³/mol. The van der Waals surface area contributed by atoms with Gasteiger partial charge in [0.05, 0.1) is 17.9 Å². The minimum atomic E-state index is -2.96. The number of rotatable bonds is 5. The molecule has 0 bridgehead atoms. The number of urea groups is 1. The van der Waals surface area contributed by atoms with E-state index < -0.39 is 12.6 Å². The number of hydrogen-bond donors (Lipinski definition) is 2. The molecule has 0 saturated carbocycles. The summed E-state index contributed by atoms with van der Waals surface area (Å²) in [5.74, 6) is -0.0795. The number of carbonyl (C=O) groups excluding carboxylic acids is 1. The highest BCUT2D eigenvalue weighted by atomic mass is 19.3. The SMILES string of the molecule is Cc1cccc(OC(F)F)c1NC(=O)N[C@@H](C)c1cnn(C)c1. The quantitative estimate of drug-likeness (QED) is 0.887. The van der Waals surface area contributed by atoms with E-state index in [4.69, 9.17) is 0 Å². The van der Waals surface area contributed by atoms with Crippen LogP contribution in [-0.4, -0.2) is 22.4 Å². The summed E-state index contributed by atoms with van der Waals surface area (Å²) < 4.78 is 30.9. The molecule has 1 aromatic heterocycles. The second-order valence-corrected chi connectivity index (χ2v) is 5.09. The van der Waals surface area contributed by atoms with E-state index in [1.165, 1.54) is 6.07 Å². The second-order valence-electron chi connectivity index (χ2n) is 5.09. The van der Waals surface area contributed by atoms with Crippen molar-refractivity contribution in [3.05, 3.63) is 41.7 Å². The molecular formula is C15H18F2N4O2. The molecule has 0 aliphatic rings. The predicted octanol–water partition coefficient (Wildman–Crippen LogP) is 3.21. The normalized spacial score (nSPS) is 12.1. The Hall–Kier alpha value is -2.64. The number of ether oxygens (including phenoxy) is 1. The molecule has 0 radical (unpaired) electrons. The highest BCUT2D eigenvalue weighted by Gasteiger charge is 2.16. The van der Waals surface area contributed by atoms with E-state index in [1.807, 2.05) is 0 Å². The number of nitrogens with zero attached hydrogens (tertiary/aromatic N) is 2. The largest absolute Gasteiger partial charge is 0.433 e. The first-order valence-electron chi connectivity index (χ1n) is 6.97. The number of para-hydroxylation sites is 1. The third kappa shape index (κ3) is 4.41. The van der Waals surface area contributed by atoms with Crippen LogP contribution in [0.15, 0.2) is 30.6 Å². The minimum Gasteiger partial charge on any atom is -0.433 e. The smallest absolute Gasteiger partial charge is 0.387 e. The maximum atomic E-state index is 12.4. The molecule has 2 N–H and O–H groups in total. The molecule has 1 heterocycles. The number of aryl methyl sites for hydroxylation is 2. The van der Waals surface area contributed by atoms with Crippen LogP contribution in [0, 0.1) is 6.92 Å². The van der Waals surface area contributed by atoms with E-state index >= 15 is 0 Å². The van der Waals surface area contributed by atoms with E-state index in [0.717, 1.165) is 5.56 Å². The molecule has 124 valence electrons. The lowest BCUT2D eigenvalue weighted by atomic mass is 10.2. The fourth-order valence-corrected chi connectivity index (χ4v) is 2.09. The van der Waals surface area contributed by atoms with Crippen LogP contribution < -0.4 is 15.4 Å². The van der Waals surface area contributed by atoms with Crippen LogP contribution >= 0.6 is 0 Å². The Balaban J connectivity index is 2.08. The van der Waals surface area contributed by atoms with Crippen LogP contribution in [0.4, 0.5) is 19.3 Å². The zero-order valence-corrected chi connectivity index (χ0v) is 13.0. The Labute approximate surface area is 132 Å². The van der Waals surface area contributed by atoms with Gasteiger partial charge in [-0.2, -0.15) is 13.9 Å². The van der Waals surface area contributed by atoms with Gasteiger partial charge in [-0.25, -0.2) is 4.79 Å². The fourth-order valence-electron chi connectivity index (χ4n) is 2.09. The molecule has 2 rings (SSSR count). The van der Waals surface area contributed by atoms with Gasteiger partial charge >= 0.3 is 12.6 Å². The number of amides is 2. The van der Waals surface area contributed by atoms with Crippen LogP contribution in [0.25, 0.3) is 0 Å². The van der Waals surface area contributed by atoms with Gasteiger partial charge in [0.2, 0.25) is 0 Å². The van der Waals surface area contributed by atoms with Gasteiger partial charge in [-0.3, -0.25) is 4.68 Å². The van der Waals surface area contributed by atoms with Crippen molar-refractivity contribution < 1.29 is 18.3 Å². The molecular weight excluding hydrogens is 306 g/mol. The van der Waals surface area contributed by atoms with Crippen LogP contribution in [0.3, 0.4) is 0 Å². The summed E-state index contributed by atoms with van der Waals surface area (Å²) in [7, 11) is 1.78. The highest BCUT2D eigenvalue weighted by molar-refractivity contribution is 5.92. The first-order valence-corrected chi connectivity index (χ1v) is 6.97. The van der Waals surface area contributed by atoms with E-state index in [1.54, 1.807) is 50.1 Å². The van der Waals surface area contributed by atoms with Gasteiger partial charge in [0.15, 0.2) is 0 Å². The van der Waals surface area contributed by atoms with Crippen molar-refractivity contribution >= 4 is 11.7 Å². The number of anilines is 1. The Morgan fingerprint density at radius 1 is 1.39 bits per heavy atom. The van der Waals surface area contributed by atoms with Gasteiger partial charge in [0.25, 0.3) is 0 Å². The van der Waals surface area contributed by atoms with E-state index in [0.29, 0.717) is 5.56 Å². The number of halogens is 2. The van der Waals surface area contributed by atoms with Crippen molar-refractivity contribution in [1.29, 1.82) is 0 Å². The molecule has 0 aliphatic carbocycles. The fraction of sp³-hybridized carbons (Fsp3) is 0.333. The van der Waals surface area contributed by atoms with E-state index in [-0.39, 0.29) is 17.5 Å².